The molecule has 0 spiro atoms. The van der Waals surface area contributed by atoms with E-state index in [1.54, 1.807) is 0 Å². The molecule has 1 saturated carbocycles. The molecule has 1 rings (SSSR count). The molecule has 11 heavy (non-hydrogen) atoms. The summed E-state index contributed by atoms with van der Waals surface area (Å²) in [6.07, 6.45) is 6.34. The number of hydrogen-bond donors (Lipinski definition) is 0. The van der Waals surface area contributed by atoms with Crippen LogP contribution in [-0.2, 0) is 4.79 Å². The SMILES string of the molecule is CCCCC[C@H]1[C@@H](C)[C@@H]1C=O. The summed E-state index contributed by atoms with van der Waals surface area (Å²) in [5.41, 5.74) is 0. The van der Waals surface area contributed by atoms with Gasteiger partial charge in [-0.3, -0.25) is 0 Å². The summed E-state index contributed by atoms with van der Waals surface area (Å²) < 4.78 is 0. The molecule has 1 aliphatic rings. The molecule has 0 aromatic heterocycles. The van der Waals surface area contributed by atoms with E-state index in [0.717, 1.165) is 12.2 Å². The summed E-state index contributed by atoms with van der Waals surface area (Å²) in [4.78, 5) is 10.4. The number of aldehydes is 1. The standard InChI is InChI=1S/C10H18O/c1-3-4-5-6-9-8(2)10(9)7-11/h7-10H,3-6H2,1-2H3/t8-,9+,10+/m1/s1. The van der Waals surface area contributed by atoms with Gasteiger partial charge in [0.05, 0.1) is 0 Å². The molecule has 0 amide bonds. The van der Waals surface area contributed by atoms with Crippen molar-refractivity contribution in [3.63, 3.8) is 0 Å². The summed E-state index contributed by atoms with van der Waals surface area (Å²) in [7, 11) is 0. The minimum absolute atomic E-state index is 0.409. The van der Waals surface area contributed by atoms with Gasteiger partial charge in [-0.2, -0.15) is 0 Å². The highest BCUT2D eigenvalue weighted by atomic mass is 16.1. The fourth-order valence-electron chi connectivity index (χ4n) is 1.89. The monoisotopic (exact) mass is 154 g/mol. The van der Waals surface area contributed by atoms with Crippen LogP contribution < -0.4 is 0 Å². The van der Waals surface area contributed by atoms with Gasteiger partial charge in [-0.05, 0) is 18.3 Å². The maximum atomic E-state index is 10.4. The summed E-state index contributed by atoms with van der Waals surface area (Å²) in [6, 6.07) is 0. The molecule has 0 saturated heterocycles. The summed E-state index contributed by atoms with van der Waals surface area (Å²) in [6.45, 7) is 4.41. The van der Waals surface area contributed by atoms with Gasteiger partial charge in [0.15, 0.2) is 0 Å². The van der Waals surface area contributed by atoms with E-state index in [1.165, 1.54) is 25.7 Å². The molecule has 0 aromatic rings. The van der Waals surface area contributed by atoms with Crippen molar-refractivity contribution in [3.8, 4) is 0 Å². The lowest BCUT2D eigenvalue weighted by Crippen LogP contribution is -1.83. The summed E-state index contributed by atoms with van der Waals surface area (Å²) >= 11 is 0. The van der Waals surface area contributed by atoms with Crippen molar-refractivity contribution in [2.75, 3.05) is 0 Å². The number of unbranched alkanes of at least 4 members (excludes halogenated alkanes) is 2. The van der Waals surface area contributed by atoms with Crippen LogP contribution in [0, 0.1) is 17.8 Å². The van der Waals surface area contributed by atoms with E-state index in [0.29, 0.717) is 11.8 Å². The van der Waals surface area contributed by atoms with Crippen molar-refractivity contribution in [2.24, 2.45) is 17.8 Å². The van der Waals surface area contributed by atoms with Crippen LogP contribution in [0.1, 0.15) is 39.5 Å². The normalized spacial score (nSPS) is 35.3. The van der Waals surface area contributed by atoms with E-state index in [1.807, 2.05) is 0 Å². The molecule has 0 aromatic carbocycles. The Morgan fingerprint density at radius 1 is 1.36 bits per heavy atom. The van der Waals surface area contributed by atoms with Crippen LogP contribution in [0.2, 0.25) is 0 Å². The Morgan fingerprint density at radius 3 is 2.55 bits per heavy atom. The largest absolute Gasteiger partial charge is 0.303 e. The Hall–Kier alpha value is -0.330. The summed E-state index contributed by atoms with van der Waals surface area (Å²) in [5.74, 6) is 1.83. The second-order valence-electron chi connectivity index (χ2n) is 3.73. The number of hydrogen-bond acceptors (Lipinski definition) is 1. The highest BCUT2D eigenvalue weighted by molar-refractivity contribution is 5.59. The lowest BCUT2D eigenvalue weighted by molar-refractivity contribution is -0.109. The first-order chi connectivity index (χ1) is 5.31. The minimum Gasteiger partial charge on any atom is -0.303 e. The van der Waals surface area contributed by atoms with Gasteiger partial charge in [-0.15, -0.1) is 0 Å². The molecule has 0 aliphatic heterocycles. The second kappa shape index (κ2) is 3.89. The Kier molecular flexibility index (Phi) is 3.10. The zero-order valence-electron chi connectivity index (χ0n) is 7.55. The van der Waals surface area contributed by atoms with Crippen LogP contribution in [-0.4, -0.2) is 6.29 Å². The van der Waals surface area contributed by atoms with Crippen LogP contribution in [0.5, 0.6) is 0 Å². The minimum atomic E-state index is 0.409. The predicted octanol–water partition coefficient (Wildman–Crippen LogP) is 2.65. The first-order valence-electron chi connectivity index (χ1n) is 4.76. The van der Waals surface area contributed by atoms with E-state index >= 15 is 0 Å². The van der Waals surface area contributed by atoms with Crippen molar-refractivity contribution in [1.82, 2.24) is 0 Å². The van der Waals surface area contributed by atoms with Gasteiger partial charge in [-0.25, -0.2) is 0 Å². The third-order valence-electron chi connectivity index (χ3n) is 2.93. The van der Waals surface area contributed by atoms with Gasteiger partial charge in [0.25, 0.3) is 0 Å². The molecular formula is C10H18O. The van der Waals surface area contributed by atoms with Gasteiger partial charge in [0.1, 0.15) is 6.29 Å². The zero-order valence-corrected chi connectivity index (χ0v) is 7.55. The molecule has 1 aliphatic carbocycles. The van der Waals surface area contributed by atoms with Crippen LogP contribution in [0.4, 0.5) is 0 Å². The predicted molar refractivity (Wildman–Crippen MR) is 46.4 cm³/mol. The van der Waals surface area contributed by atoms with E-state index < -0.39 is 0 Å². The second-order valence-corrected chi connectivity index (χ2v) is 3.73. The first-order valence-corrected chi connectivity index (χ1v) is 4.76. The van der Waals surface area contributed by atoms with Crippen LogP contribution in [0.25, 0.3) is 0 Å². The molecule has 1 nitrogen and oxygen atoms in total. The average molecular weight is 154 g/mol. The molecule has 3 atom stereocenters. The molecule has 64 valence electrons. The van der Waals surface area contributed by atoms with Crippen molar-refractivity contribution in [3.05, 3.63) is 0 Å². The number of carbonyl (C=O) groups excluding carboxylic acids is 1. The molecule has 0 unspecified atom stereocenters. The number of rotatable bonds is 5. The smallest absolute Gasteiger partial charge is 0.123 e. The van der Waals surface area contributed by atoms with Crippen LogP contribution >= 0.6 is 0 Å². The van der Waals surface area contributed by atoms with Crippen LogP contribution in [0.3, 0.4) is 0 Å². The quantitative estimate of drug-likeness (QED) is 0.439. The molecular weight excluding hydrogens is 136 g/mol. The van der Waals surface area contributed by atoms with E-state index in [4.69, 9.17) is 0 Å². The third kappa shape index (κ3) is 2.05. The van der Waals surface area contributed by atoms with Crippen molar-refractivity contribution < 1.29 is 4.79 Å². The van der Waals surface area contributed by atoms with Gasteiger partial charge in [-0.1, -0.05) is 33.1 Å². The van der Waals surface area contributed by atoms with Crippen molar-refractivity contribution >= 4 is 6.29 Å². The zero-order chi connectivity index (χ0) is 8.27. The topological polar surface area (TPSA) is 17.1 Å². The van der Waals surface area contributed by atoms with Gasteiger partial charge in [0.2, 0.25) is 0 Å². The van der Waals surface area contributed by atoms with Gasteiger partial charge in [0, 0.05) is 5.92 Å². The Bertz CT molecular complexity index is 131. The molecule has 1 heteroatoms. The maximum absolute atomic E-state index is 10.4. The Labute approximate surface area is 69.2 Å². The lowest BCUT2D eigenvalue weighted by Gasteiger charge is -1.95. The third-order valence-corrected chi connectivity index (χ3v) is 2.93. The van der Waals surface area contributed by atoms with E-state index in [-0.39, 0.29) is 0 Å². The number of carbonyl (C=O) groups is 1. The van der Waals surface area contributed by atoms with Crippen molar-refractivity contribution in [1.29, 1.82) is 0 Å². The molecule has 0 heterocycles. The first kappa shape index (κ1) is 8.76. The van der Waals surface area contributed by atoms with Crippen LogP contribution in [0.15, 0.2) is 0 Å². The van der Waals surface area contributed by atoms with Gasteiger partial charge >= 0.3 is 0 Å². The van der Waals surface area contributed by atoms with Crippen molar-refractivity contribution in [2.45, 2.75) is 39.5 Å². The fourth-order valence-corrected chi connectivity index (χ4v) is 1.89. The van der Waals surface area contributed by atoms with Gasteiger partial charge < -0.3 is 4.79 Å². The Morgan fingerprint density at radius 2 is 2.09 bits per heavy atom. The lowest BCUT2D eigenvalue weighted by atomic mass is 10.1. The highest BCUT2D eigenvalue weighted by Crippen LogP contribution is 2.47. The molecule has 0 radical (unpaired) electrons. The average Bonchev–Trinajstić information content (AvgIpc) is 2.62. The molecule has 1 fully saturated rings. The molecule has 0 bridgehead atoms. The maximum Gasteiger partial charge on any atom is 0.123 e. The van der Waals surface area contributed by atoms with E-state index in [2.05, 4.69) is 13.8 Å². The Balaban J connectivity index is 2.06. The fraction of sp³-hybridized carbons (Fsp3) is 0.900. The van der Waals surface area contributed by atoms with E-state index in [9.17, 15) is 4.79 Å². The summed E-state index contributed by atoms with van der Waals surface area (Å²) in [5, 5.41) is 0. The highest BCUT2D eigenvalue weighted by Gasteiger charge is 2.45. The molecule has 0 N–H and O–H groups in total.